The summed E-state index contributed by atoms with van der Waals surface area (Å²) in [6, 6.07) is 9.81. The lowest BCUT2D eigenvalue weighted by atomic mass is 10.2. The van der Waals surface area contributed by atoms with Crippen LogP contribution in [0, 0.1) is 0 Å². The van der Waals surface area contributed by atoms with Crippen LogP contribution < -0.4 is 16.0 Å². The summed E-state index contributed by atoms with van der Waals surface area (Å²) in [6.45, 7) is 1.78. The Morgan fingerprint density at radius 1 is 1.31 bits per heavy atom. The van der Waals surface area contributed by atoms with Crippen LogP contribution in [-0.4, -0.2) is 38.2 Å². The van der Waals surface area contributed by atoms with Gasteiger partial charge in [-0.2, -0.15) is 9.97 Å². The summed E-state index contributed by atoms with van der Waals surface area (Å²) in [7, 11) is 0. The molecule has 3 heterocycles. The number of anilines is 1. The zero-order valence-electron chi connectivity index (χ0n) is 15.8. The van der Waals surface area contributed by atoms with Crippen molar-refractivity contribution in [2.75, 3.05) is 12.3 Å². The second kappa shape index (κ2) is 7.92. The molecule has 1 aliphatic heterocycles. The number of esters is 1. The van der Waals surface area contributed by atoms with Crippen LogP contribution in [0.4, 0.5) is 5.95 Å². The van der Waals surface area contributed by atoms with Crippen LogP contribution >= 0.6 is 0 Å². The van der Waals surface area contributed by atoms with E-state index in [1.807, 2.05) is 30.3 Å². The van der Waals surface area contributed by atoms with Gasteiger partial charge >= 0.3 is 12.0 Å². The number of nitrogens with zero attached hydrogens (tertiary/aromatic N) is 3. The van der Waals surface area contributed by atoms with Gasteiger partial charge in [-0.25, -0.2) is 0 Å². The summed E-state index contributed by atoms with van der Waals surface area (Å²) in [5.41, 5.74) is 6.63. The number of nitrogens with two attached hydrogens (primary N) is 1. The number of hydrogen-bond donors (Lipinski definition) is 2. The molecule has 3 aromatic rings. The van der Waals surface area contributed by atoms with Crippen LogP contribution in [0.15, 0.2) is 35.1 Å². The highest BCUT2D eigenvalue weighted by molar-refractivity contribution is 5.72. The number of nitrogens with one attached hydrogen (secondary N) is 1. The fourth-order valence-electron chi connectivity index (χ4n) is 3.27. The molecule has 10 nitrogen and oxygen atoms in total. The maximum atomic E-state index is 12.3. The Morgan fingerprint density at radius 3 is 2.86 bits per heavy atom. The van der Waals surface area contributed by atoms with Gasteiger partial charge in [-0.1, -0.05) is 30.3 Å². The molecule has 0 bridgehead atoms. The van der Waals surface area contributed by atoms with Crippen molar-refractivity contribution in [2.24, 2.45) is 0 Å². The Bertz CT molecular complexity index is 1080. The molecule has 2 atom stereocenters. The Labute approximate surface area is 165 Å². The third-order valence-corrected chi connectivity index (χ3v) is 4.59. The minimum atomic E-state index is -0.472. The number of benzene rings is 1. The van der Waals surface area contributed by atoms with Crippen molar-refractivity contribution in [3.8, 4) is 6.01 Å². The van der Waals surface area contributed by atoms with E-state index in [-0.39, 0.29) is 48.4 Å². The van der Waals surface area contributed by atoms with Gasteiger partial charge in [-0.15, -0.1) is 0 Å². The van der Waals surface area contributed by atoms with E-state index >= 15 is 0 Å². The number of H-pyrrole nitrogens is 1. The van der Waals surface area contributed by atoms with Gasteiger partial charge in [0.05, 0.1) is 6.10 Å². The van der Waals surface area contributed by atoms with Gasteiger partial charge in [-0.3, -0.25) is 19.1 Å². The number of hydrogen-bond acceptors (Lipinski definition) is 8. The highest BCUT2D eigenvalue weighted by Gasteiger charge is 2.32. The van der Waals surface area contributed by atoms with Crippen LogP contribution in [-0.2, 0) is 20.9 Å². The Morgan fingerprint density at radius 2 is 2.10 bits per heavy atom. The molecule has 0 saturated carbocycles. The van der Waals surface area contributed by atoms with E-state index in [9.17, 15) is 9.59 Å². The minimum Gasteiger partial charge on any atom is -0.463 e. The first-order valence-corrected chi connectivity index (χ1v) is 9.24. The van der Waals surface area contributed by atoms with Crippen LogP contribution in [0.5, 0.6) is 6.01 Å². The van der Waals surface area contributed by atoms with Crippen molar-refractivity contribution in [1.82, 2.24) is 19.5 Å². The molecule has 4 rings (SSSR count). The number of nitrogen functional groups attached to an aromatic ring is 1. The van der Waals surface area contributed by atoms with E-state index in [0.717, 1.165) is 5.56 Å². The first kappa shape index (κ1) is 18.9. The fourth-order valence-corrected chi connectivity index (χ4v) is 3.27. The van der Waals surface area contributed by atoms with Crippen LogP contribution in [0.25, 0.3) is 11.2 Å². The fraction of sp³-hybridized carbons (Fsp3) is 0.368. The van der Waals surface area contributed by atoms with E-state index in [0.29, 0.717) is 12.8 Å². The number of aromatic nitrogens is 4. The summed E-state index contributed by atoms with van der Waals surface area (Å²) >= 11 is 0. The predicted octanol–water partition coefficient (Wildman–Crippen LogP) is 1.52. The smallest absolute Gasteiger partial charge is 0.302 e. The minimum absolute atomic E-state index is 0.0206. The Kier molecular flexibility index (Phi) is 5.17. The van der Waals surface area contributed by atoms with Crippen LogP contribution in [0.3, 0.4) is 0 Å². The topological polar surface area (TPSA) is 134 Å². The van der Waals surface area contributed by atoms with Crippen molar-refractivity contribution < 1.29 is 19.0 Å². The van der Waals surface area contributed by atoms with Gasteiger partial charge < -0.3 is 19.9 Å². The molecule has 1 fully saturated rings. The molecule has 1 saturated heterocycles. The lowest BCUT2D eigenvalue weighted by Gasteiger charge is -2.17. The SMILES string of the molecule is CC(=O)OC[C@@H]1CC[C@H](n2c(OCc3ccccc3)nc3c(=O)[nH]c(N)nc32)O1. The third-order valence-electron chi connectivity index (χ3n) is 4.59. The van der Waals surface area contributed by atoms with Gasteiger partial charge in [0.2, 0.25) is 5.95 Å². The molecule has 1 aliphatic rings. The van der Waals surface area contributed by atoms with E-state index in [2.05, 4.69) is 15.0 Å². The monoisotopic (exact) mass is 399 g/mol. The van der Waals surface area contributed by atoms with Crippen molar-refractivity contribution >= 4 is 23.1 Å². The zero-order valence-corrected chi connectivity index (χ0v) is 15.8. The molecule has 1 aromatic carbocycles. The molecule has 3 N–H and O–H groups in total. The molecular formula is C19H21N5O5. The quantitative estimate of drug-likeness (QED) is 0.596. The molecule has 0 spiro atoms. The number of carbonyl (C=O) groups is 1. The number of ether oxygens (including phenoxy) is 3. The predicted molar refractivity (Wildman–Crippen MR) is 103 cm³/mol. The van der Waals surface area contributed by atoms with Crippen molar-refractivity contribution in [3.05, 3.63) is 46.2 Å². The van der Waals surface area contributed by atoms with Crippen molar-refractivity contribution in [3.63, 3.8) is 0 Å². The number of aromatic amines is 1. The maximum Gasteiger partial charge on any atom is 0.302 e. The highest BCUT2D eigenvalue weighted by Crippen LogP contribution is 2.34. The Hall–Kier alpha value is -3.40. The summed E-state index contributed by atoms with van der Waals surface area (Å²) in [4.78, 5) is 34.4. The second-order valence-corrected chi connectivity index (χ2v) is 6.75. The maximum absolute atomic E-state index is 12.3. The van der Waals surface area contributed by atoms with Gasteiger partial charge in [0.15, 0.2) is 11.2 Å². The third kappa shape index (κ3) is 4.06. The normalized spacial score (nSPS) is 18.8. The Balaban J connectivity index is 1.65. The van der Waals surface area contributed by atoms with E-state index < -0.39 is 11.8 Å². The van der Waals surface area contributed by atoms with Gasteiger partial charge in [0.1, 0.15) is 19.4 Å². The lowest BCUT2D eigenvalue weighted by molar-refractivity contribution is -0.145. The zero-order chi connectivity index (χ0) is 20.4. The summed E-state index contributed by atoms with van der Waals surface area (Å²) < 4.78 is 18.6. The number of carbonyl (C=O) groups excluding carboxylic acids is 1. The van der Waals surface area contributed by atoms with Crippen LogP contribution in [0.1, 0.15) is 31.6 Å². The first-order valence-electron chi connectivity index (χ1n) is 9.24. The number of imidazole rings is 1. The number of fused-ring (bicyclic) bond motifs is 1. The first-order chi connectivity index (χ1) is 14.0. The molecule has 0 radical (unpaired) electrons. The van der Waals surface area contributed by atoms with Crippen LogP contribution in [0.2, 0.25) is 0 Å². The summed E-state index contributed by atoms with van der Waals surface area (Å²) in [5, 5.41) is 0. The lowest BCUT2D eigenvalue weighted by Crippen LogP contribution is -2.19. The van der Waals surface area contributed by atoms with E-state index in [1.165, 1.54) is 6.92 Å². The van der Waals surface area contributed by atoms with Gasteiger partial charge in [0, 0.05) is 6.92 Å². The molecule has 10 heteroatoms. The largest absolute Gasteiger partial charge is 0.463 e. The molecule has 0 unspecified atom stereocenters. The average Bonchev–Trinajstić information content (AvgIpc) is 3.29. The summed E-state index contributed by atoms with van der Waals surface area (Å²) in [6.07, 6.45) is 0.560. The summed E-state index contributed by atoms with van der Waals surface area (Å²) in [5.74, 6) is -0.384. The standard InChI is InChI=1S/C19H21N5O5/c1-11(25)27-10-13-7-8-14(29-13)24-16-15(17(26)23-18(20)22-16)21-19(24)28-9-12-5-3-2-4-6-12/h2-6,13-14H,7-10H2,1H3,(H3,20,22,23,26)/t13-,14+/m0/s1. The van der Waals surface area contributed by atoms with Gasteiger partial charge in [0.25, 0.3) is 5.56 Å². The molecule has 152 valence electrons. The van der Waals surface area contributed by atoms with Crippen molar-refractivity contribution in [1.29, 1.82) is 0 Å². The van der Waals surface area contributed by atoms with Gasteiger partial charge in [-0.05, 0) is 18.4 Å². The molecular weight excluding hydrogens is 378 g/mol. The molecule has 2 aromatic heterocycles. The second-order valence-electron chi connectivity index (χ2n) is 6.75. The van der Waals surface area contributed by atoms with E-state index in [4.69, 9.17) is 19.9 Å². The number of rotatable bonds is 6. The molecule has 0 aliphatic carbocycles. The van der Waals surface area contributed by atoms with E-state index in [1.54, 1.807) is 4.57 Å². The molecule has 0 amide bonds. The van der Waals surface area contributed by atoms with Crippen molar-refractivity contribution in [2.45, 2.75) is 38.7 Å². The molecule has 29 heavy (non-hydrogen) atoms. The highest BCUT2D eigenvalue weighted by atomic mass is 16.6. The average molecular weight is 399 g/mol.